The van der Waals surface area contributed by atoms with Crippen molar-refractivity contribution < 1.29 is 14.8 Å². The number of phenols is 1. The Balaban J connectivity index is 2.07. The quantitative estimate of drug-likeness (QED) is 0.558. The van der Waals surface area contributed by atoms with Crippen molar-refractivity contribution in [3.05, 3.63) is 46.6 Å². The minimum atomic E-state index is -0.554. The number of aromatic hydroxyl groups is 1. The first kappa shape index (κ1) is 14.4. The first-order chi connectivity index (χ1) is 11.1. The zero-order valence-corrected chi connectivity index (χ0v) is 11.9. The lowest BCUT2D eigenvalue weighted by atomic mass is 10.2. The summed E-state index contributed by atoms with van der Waals surface area (Å²) in [7, 11) is 1.50. The number of nitrogens with zero attached hydrogens (tertiary/aromatic N) is 4. The van der Waals surface area contributed by atoms with E-state index in [2.05, 4.69) is 20.2 Å². The van der Waals surface area contributed by atoms with Crippen molar-refractivity contribution >= 4 is 5.69 Å². The van der Waals surface area contributed by atoms with Crippen LogP contribution < -0.4 is 4.74 Å². The number of ether oxygens (including phenoxy) is 1. The van der Waals surface area contributed by atoms with Gasteiger partial charge in [-0.3, -0.25) is 15.2 Å². The molecule has 1 aromatic carbocycles. The van der Waals surface area contributed by atoms with Crippen molar-refractivity contribution in [3.63, 3.8) is 0 Å². The summed E-state index contributed by atoms with van der Waals surface area (Å²) in [5.74, 6) is 0.814. The smallest absolute Gasteiger partial charge is 0.298 e. The van der Waals surface area contributed by atoms with Gasteiger partial charge in [0.15, 0.2) is 11.5 Å². The van der Waals surface area contributed by atoms with Crippen LogP contribution in [0.2, 0.25) is 0 Å². The minimum Gasteiger partial charge on any atom is -0.507 e. The monoisotopic (exact) mass is 313 g/mol. The molecular weight excluding hydrogens is 302 g/mol. The molecule has 0 saturated heterocycles. The highest BCUT2D eigenvalue weighted by atomic mass is 16.6. The standard InChI is InChI=1S/C14H11N5O4/c1-23-8-4-5-11(20)9(7-8)13-16-14(18-17-13)12-10(19(21)22)3-2-6-15-12/h2-7,20H,1H3,(H,16,17,18). The number of hydrogen-bond acceptors (Lipinski definition) is 7. The van der Waals surface area contributed by atoms with E-state index in [1.807, 2.05) is 0 Å². The summed E-state index contributed by atoms with van der Waals surface area (Å²) >= 11 is 0. The summed E-state index contributed by atoms with van der Waals surface area (Å²) in [6.07, 6.45) is 1.42. The lowest BCUT2D eigenvalue weighted by Crippen LogP contribution is -1.95. The Hall–Kier alpha value is -3.49. The summed E-state index contributed by atoms with van der Waals surface area (Å²) in [4.78, 5) is 18.6. The molecule has 2 heterocycles. The molecule has 3 aromatic rings. The van der Waals surface area contributed by atoms with Gasteiger partial charge in [0.05, 0.1) is 17.6 Å². The fourth-order valence-corrected chi connectivity index (χ4v) is 2.04. The molecule has 2 N–H and O–H groups in total. The zero-order chi connectivity index (χ0) is 16.4. The van der Waals surface area contributed by atoms with Gasteiger partial charge in [-0.05, 0) is 24.3 Å². The number of benzene rings is 1. The molecule has 0 aliphatic rings. The lowest BCUT2D eigenvalue weighted by molar-refractivity contribution is -0.384. The van der Waals surface area contributed by atoms with Crippen LogP contribution in [0, 0.1) is 10.1 Å². The van der Waals surface area contributed by atoms with Crippen molar-refractivity contribution in [2.75, 3.05) is 7.11 Å². The molecule has 0 atom stereocenters. The Labute approximate surface area is 129 Å². The third-order valence-corrected chi connectivity index (χ3v) is 3.14. The molecule has 0 aliphatic heterocycles. The van der Waals surface area contributed by atoms with Gasteiger partial charge in [0.1, 0.15) is 11.5 Å². The summed E-state index contributed by atoms with van der Waals surface area (Å²) < 4.78 is 5.10. The highest BCUT2D eigenvalue weighted by molar-refractivity contribution is 5.69. The molecule has 23 heavy (non-hydrogen) atoms. The molecule has 0 radical (unpaired) electrons. The van der Waals surface area contributed by atoms with Crippen LogP contribution in [0.3, 0.4) is 0 Å². The highest BCUT2D eigenvalue weighted by Gasteiger charge is 2.21. The van der Waals surface area contributed by atoms with Gasteiger partial charge < -0.3 is 9.84 Å². The van der Waals surface area contributed by atoms with Gasteiger partial charge in [0.25, 0.3) is 5.69 Å². The summed E-state index contributed by atoms with van der Waals surface area (Å²) in [5.41, 5.74) is 0.206. The van der Waals surface area contributed by atoms with Crippen molar-refractivity contribution in [1.29, 1.82) is 0 Å². The number of methoxy groups -OCH3 is 1. The van der Waals surface area contributed by atoms with Gasteiger partial charge in [-0.15, -0.1) is 0 Å². The number of rotatable bonds is 4. The molecule has 0 aliphatic carbocycles. The largest absolute Gasteiger partial charge is 0.507 e. The number of nitrogens with one attached hydrogen (secondary N) is 1. The number of nitro groups is 1. The zero-order valence-electron chi connectivity index (χ0n) is 11.9. The second kappa shape index (κ2) is 5.72. The molecule has 0 bridgehead atoms. The van der Waals surface area contributed by atoms with E-state index in [1.165, 1.54) is 31.5 Å². The average molecular weight is 313 g/mol. The van der Waals surface area contributed by atoms with Gasteiger partial charge in [-0.25, -0.2) is 9.97 Å². The lowest BCUT2D eigenvalue weighted by Gasteiger charge is -2.04. The van der Waals surface area contributed by atoms with Gasteiger partial charge in [0, 0.05) is 12.3 Å². The first-order valence-corrected chi connectivity index (χ1v) is 6.49. The molecule has 2 aromatic heterocycles. The molecule has 0 fully saturated rings. The molecule has 0 saturated carbocycles. The van der Waals surface area contributed by atoms with Crippen molar-refractivity contribution in [2.45, 2.75) is 0 Å². The van der Waals surface area contributed by atoms with Crippen molar-refractivity contribution in [2.24, 2.45) is 0 Å². The van der Waals surface area contributed by atoms with Crippen LogP contribution >= 0.6 is 0 Å². The summed E-state index contributed by atoms with van der Waals surface area (Å²) in [6.45, 7) is 0. The number of phenolic OH excluding ortho intramolecular Hbond substituents is 1. The van der Waals surface area contributed by atoms with Crippen molar-refractivity contribution in [3.8, 4) is 34.4 Å². The van der Waals surface area contributed by atoms with Crippen molar-refractivity contribution in [1.82, 2.24) is 20.2 Å². The number of hydrogen-bond donors (Lipinski definition) is 2. The third-order valence-electron chi connectivity index (χ3n) is 3.14. The van der Waals surface area contributed by atoms with Crippen LogP contribution in [0.4, 0.5) is 5.69 Å². The van der Waals surface area contributed by atoms with Crippen LogP contribution in [0.1, 0.15) is 0 Å². The van der Waals surface area contributed by atoms with Gasteiger partial charge in [-0.2, -0.15) is 5.10 Å². The predicted octanol–water partition coefficient (Wildman–Crippen LogP) is 2.16. The van der Waals surface area contributed by atoms with Gasteiger partial charge in [-0.1, -0.05) is 0 Å². The molecule has 9 heteroatoms. The van der Waals surface area contributed by atoms with E-state index < -0.39 is 4.92 Å². The predicted molar refractivity (Wildman–Crippen MR) is 79.9 cm³/mol. The third kappa shape index (κ3) is 2.67. The normalized spacial score (nSPS) is 10.5. The fraction of sp³-hybridized carbons (Fsp3) is 0.0714. The average Bonchev–Trinajstić information content (AvgIpc) is 3.05. The molecule has 9 nitrogen and oxygen atoms in total. The first-order valence-electron chi connectivity index (χ1n) is 6.49. The Kier molecular flexibility index (Phi) is 3.59. The second-order valence-corrected chi connectivity index (χ2v) is 4.52. The number of H-pyrrole nitrogens is 1. The van der Waals surface area contributed by atoms with E-state index in [4.69, 9.17) is 4.74 Å². The Morgan fingerprint density at radius 3 is 2.91 bits per heavy atom. The van der Waals surface area contributed by atoms with E-state index in [1.54, 1.807) is 12.1 Å². The van der Waals surface area contributed by atoms with Crippen LogP contribution in [-0.4, -0.2) is 37.3 Å². The van der Waals surface area contributed by atoms with Crippen LogP contribution in [0.25, 0.3) is 22.9 Å². The van der Waals surface area contributed by atoms with Crippen LogP contribution in [0.5, 0.6) is 11.5 Å². The van der Waals surface area contributed by atoms with Gasteiger partial charge in [0.2, 0.25) is 5.82 Å². The van der Waals surface area contributed by atoms with E-state index in [-0.39, 0.29) is 28.8 Å². The van der Waals surface area contributed by atoms with E-state index in [0.29, 0.717) is 11.3 Å². The van der Waals surface area contributed by atoms with E-state index in [0.717, 1.165) is 0 Å². The fourth-order valence-electron chi connectivity index (χ4n) is 2.04. The maximum Gasteiger partial charge on any atom is 0.298 e. The van der Waals surface area contributed by atoms with Gasteiger partial charge >= 0.3 is 0 Å². The molecule has 0 unspecified atom stereocenters. The summed E-state index contributed by atoms with van der Waals surface area (Å²) in [6, 6.07) is 7.41. The second-order valence-electron chi connectivity index (χ2n) is 4.52. The maximum atomic E-state index is 11.1. The van der Waals surface area contributed by atoms with E-state index >= 15 is 0 Å². The van der Waals surface area contributed by atoms with E-state index in [9.17, 15) is 15.2 Å². The highest BCUT2D eigenvalue weighted by Crippen LogP contribution is 2.32. The molecule has 0 amide bonds. The topological polar surface area (TPSA) is 127 Å². The maximum absolute atomic E-state index is 11.1. The minimum absolute atomic E-state index is 0.0241. The SMILES string of the molecule is COc1ccc(O)c(-c2nc(-c3ncccc3[N+](=O)[O-])n[nH]2)c1. The molecular formula is C14H11N5O4. The number of aromatic nitrogens is 4. The number of pyridine rings is 1. The Bertz CT molecular complexity index is 877. The number of aromatic amines is 1. The van der Waals surface area contributed by atoms with Crippen LogP contribution in [-0.2, 0) is 0 Å². The van der Waals surface area contributed by atoms with Crippen LogP contribution in [0.15, 0.2) is 36.5 Å². The Morgan fingerprint density at radius 2 is 2.17 bits per heavy atom. The molecule has 0 spiro atoms. The molecule has 3 rings (SSSR count). The molecule has 116 valence electrons. The Morgan fingerprint density at radius 1 is 1.35 bits per heavy atom. The summed E-state index contributed by atoms with van der Waals surface area (Å²) in [5, 5.41) is 27.6.